The molecule has 0 bridgehead atoms. The average Bonchev–Trinajstić information content (AvgIpc) is 3.66. The minimum atomic E-state index is -2.95. The second-order valence-corrected chi connectivity index (χ2v) is 28.2. The number of rotatable bonds is 9. The Morgan fingerprint density at radius 1 is 0.833 bits per heavy atom. The Morgan fingerprint density at radius 2 is 1.33 bits per heavy atom. The number of allylic oxidation sites excluding steroid dienone is 1. The van der Waals surface area contributed by atoms with Crippen LogP contribution < -0.4 is 4.74 Å². The Labute approximate surface area is 302 Å². The van der Waals surface area contributed by atoms with Gasteiger partial charge in [0.1, 0.15) is 22.1 Å². The van der Waals surface area contributed by atoms with Gasteiger partial charge in [-0.15, -0.1) is 0 Å². The Balaban J connectivity index is 0.000000198. The Morgan fingerprint density at radius 3 is 1.81 bits per heavy atom. The van der Waals surface area contributed by atoms with Gasteiger partial charge in [-0.05, 0) is 41.7 Å². The number of nitrogens with zero attached hydrogens (tertiary/aromatic N) is 1. The van der Waals surface area contributed by atoms with Gasteiger partial charge in [-0.1, -0.05) is 67.4 Å². The molecule has 3 atom stereocenters. The average molecular weight is 801 g/mol. The third kappa shape index (κ3) is 9.33. The van der Waals surface area contributed by atoms with E-state index in [-0.39, 0.29) is 21.7 Å². The molecule has 4 aliphatic rings. The van der Waals surface area contributed by atoms with Gasteiger partial charge in [-0.3, -0.25) is 4.79 Å². The predicted molar refractivity (Wildman–Crippen MR) is 196 cm³/mol. The number of nitriles is 1. The van der Waals surface area contributed by atoms with Crippen LogP contribution in [-0.4, -0.2) is 28.2 Å². The van der Waals surface area contributed by atoms with Crippen LogP contribution in [0.4, 0.5) is 0 Å². The van der Waals surface area contributed by atoms with Crippen LogP contribution in [0.3, 0.4) is 0 Å². The number of carbonyl (C=O) groups excluding carboxylic acids is 1. The van der Waals surface area contributed by atoms with Gasteiger partial charge in [-0.2, -0.15) is 5.26 Å². The minimum absolute atomic E-state index is 0.114. The van der Waals surface area contributed by atoms with Crippen molar-refractivity contribution in [1.29, 1.82) is 5.26 Å². The number of carbonyl (C=O) groups is 1. The summed E-state index contributed by atoms with van der Waals surface area (Å²) < 4.78 is 26.0. The maximum atomic E-state index is 12.6. The van der Waals surface area contributed by atoms with Crippen LogP contribution in [0.5, 0.6) is 11.5 Å². The number of para-hydroxylation sites is 1. The zero-order chi connectivity index (χ0) is 34.1. The van der Waals surface area contributed by atoms with E-state index >= 15 is 0 Å². The van der Waals surface area contributed by atoms with E-state index in [1.54, 1.807) is 30.3 Å². The number of esters is 1. The van der Waals surface area contributed by atoms with Crippen molar-refractivity contribution in [3.63, 3.8) is 0 Å². The standard InChI is InChI=1S/C22H19Cl2NO3.3C6H11.H2O.Sn/c1-22(2)17(12-19(23)24)20(22)21(26)28-18(13-25)14-7-6-10-16(11-14)27-15-8-4-3-5-9-15;3*1-2-4-6-5-3-1;;/h3-12,17-18,20H,1-2H3;3*1H,2-6H2;1H2;/q;;;;;+1/p-1. The summed E-state index contributed by atoms with van der Waals surface area (Å²) >= 11 is 8.52. The van der Waals surface area contributed by atoms with E-state index in [1.807, 2.05) is 50.2 Å². The van der Waals surface area contributed by atoms with Gasteiger partial charge in [0.25, 0.3) is 0 Å². The summed E-state index contributed by atoms with van der Waals surface area (Å²) in [6.45, 7) is 3.87. The molecule has 4 saturated carbocycles. The fourth-order valence-corrected chi connectivity index (χ4v) is 26.4. The van der Waals surface area contributed by atoms with Crippen molar-refractivity contribution in [1.82, 2.24) is 0 Å². The second-order valence-electron chi connectivity index (χ2n) is 15.1. The third-order valence-corrected chi connectivity index (χ3v) is 28.1. The van der Waals surface area contributed by atoms with Crippen molar-refractivity contribution in [2.75, 3.05) is 0 Å². The van der Waals surface area contributed by atoms with Gasteiger partial charge in [0.15, 0.2) is 0 Å². The number of hydrogen-bond acceptors (Lipinski definition) is 5. The van der Waals surface area contributed by atoms with Crippen molar-refractivity contribution in [3.8, 4) is 17.6 Å². The molecule has 0 spiro atoms. The van der Waals surface area contributed by atoms with Gasteiger partial charge in [0.05, 0.1) is 5.92 Å². The van der Waals surface area contributed by atoms with Crippen molar-refractivity contribution in [2.45, 2.75) is 128 Å². The van der Waals surface area contributed by atoms with E-state index in [0.29, 0.717) is 17.1 Å². The van der Waals surface area contributed by atoms with E-state index < -0.39 is 30.9 Å². The predicted octanol–water partition coefficient (Wildman–Crippen LogP) is 12.1. The summed E-state index contributed by atoms with van der Waals surface area (Å²) in [5, 5.41) is 9.53. The van der Waals surface area contributed by atoms with Crippen molar-refractivity contribution >= 4 is 48.0 Å². The quantitative estimate of drug-likeness (QED) is 0.202. The Kier molecular flexibility index (Phi) is 13.7. The van der Waals surface area contributed by atoms with Gasteiger partial charge in [0.2, 0.25) is 6.10 Å². The second kappa shape index (κ2) is 17.5. The Bertz CT molecular complexity index is 1360. The molecule has 2 aromatic carbocycles. The Hall–Kier alpha value is -1.72. The molecule has 0 aliphatic heterocycles. The first-order valence-electron chi connectivity index (χ1n) is 18.3. The molecule has 3 unspecified atom stereocenters. The van der Waals surface area contributed by atoms with Crippen LogP contribution in [-0.2, 0) is 9.53 Å². The molecule has 48 heavy (non-hydrogen) atoms. The molecule has 1 N–H and O–H groups in total. The fraction of sp³-hybridized carbons (Fsp3) is 0.600. The summed E-state index contributed by atoms with van der Waals surface area (Å²) in [6, 6.07) is 18.3. The monoisotopic (exact) mass is 801 g/mol. The molecule has 8 heteroatoms. The first kappa shape index (κ1) is 37.5. The van der Waals surface area contributed by atoms with Crippen LogP contribution >= 0.6 is 23.2 Å². The van der Waals surface area contributed by atoms with E-state index in [1.165, 1.54) is 96.3 Å². The summed E-state index contributed by atoms with van der Waals surface area (Å²) in [4.78, 5) is 12.6. The van der Waals surface area contributed by atoms with E-state index in [0.717, 1.165) is 11.8 Å². The number of benzene rings is 2. The molecule has 0 saturated heterocycles. The van der Waals surface area contributed by atoms with E-state index in [2.05, 4.69) is 0 Å². The summed E-state index contributed by atoms with van der Waals surface area (Å²) in [5.41, 5.74) is 0.231. The van der Waals surface area contributed by atoms with Crippen molar-refractivity contribution in [2.24, 2.45) is 17.3 Å². The molecule has 5 nitrogen and oxygen atoms in total. The number of ether oxygens (including phenoxy) is 2. The number of halogens is 2. The molecule has 0 radical (unpaired) electrons. The summed E-state index contributed by atoms with van der Waals surface area (Å²) in [5.74, 6) is 0.289. The van der Waals surface area contributed by atoms with Gasteiger partial charge >= 0.3 is 136 Å². The normalized spacial score (nSPS) is 23.8. The van der Waals surface area contributed by atoms with Crippen LogP contribution in [0.1, 0.15) is 122 Å². The molecule has 0 amide bonds. The molecule has 4 fully saturated rings. The zero-order valence-corrected chi connectivity index (χ0v) is 33.1. The summed E-state index contributed by atoms with van der Waals surface area (Å²) in [7, 11) is 0. The third-order valence-electron chi connectivity index (χ3n) is 11.7. The molecule has 0 aromatic heterocycles. The van der Waals surface area contributed by atoms with Gasteiger partial charge in [-0.25, -0.2) is 0 Å². The molecule has 6 rings (SSSR count). The number of hydrogen-bond donors (Lipinski definition) is 1. The maximum absolute atomic E-state index is 12.6. The molecule has 4 aliphatic carbocycles. The first-order chi connectivity index (χ1) is 23.1. The SMILES string of the molecule is CC1(C)C(C=C(Cl)Cl)C1C(=O)OC(C#N)c1cccc(Oc2ccccc2)c1.[OH][Sn]([CH]1CCCCC1)([CH]1CCCCC1)[CH]1CCCCC1. The van der Waals surface area contributed by atoms with E-state index in [4.69, 9.17) is 32.7 Å². The van der Waals surface area contributed by atoms with Crippen molar-refractivity contribution < 1.29 is 17.7 Å². The first-order valence-corrected chi connectivity index (χ1v) is 25.3. The van der Waals surface area contributed by atoms with Crippen LogP contribution in [0.25, 0.3) is 0 Å². The topological polar surface area (TPSA) is 79.6 Å². The zero-order valence-electron chi connectivity index (χ0n) is 28.7. The van der Waals surface area contributed by atoms with Crippen LogP contribution in [0, 0.1) is 28.6 Å². The van der Waals surface area contributed by atoms with Crippen molar-refractivity contribution in [3.05, 3.63) is 70.7 Å². The molecular weight excluding hydrogens is 748 g/mol. The molecular formula is C40H53Cl2NO4Sn. The molecule has 2 aromatic rings. The molecule has 0 heterocycles. The van der Waals surface area contributed by atoms with Crippen LogP contribution in [0.15, 0.2) is 65.2 Å². The van der Waals surface area contributed by atoms with Gasteiger partial charge in [0, 0.05) is 5.56 Å². The fourth-order valence-electron chi connectivity index (χ4n) is 8.99. The van der Waals surface area contributed by atoms with E-state index in [9.17, 15) is 13.5 Å². The molecule has 260 valence electrons. The van der Waals surface area contributed by atoms with Crippen LogP contribution in [0.2, 0.25) is 11.8 Å². The summed E-state index contributed by atoms with van der Waals surface area (Å²) in [6.07, 6.45) is 21.9. The van der Waals surface area contributed by atoms with Gasteiger partial charge < -0.3 is 9.47 Å².